The molecule has 1 aliphatic rings. The molecule has 9 nitrogen and oxygen atoms in total. The maximum Gasteiger partial charge on any atom is 0.256 e. The third-order valence-electron chi connectivity index (χ3n) is 5.49. The van der Waals surface area contributed by atoms with Crippen LogP contribution < -0.4 is 15.4 Å². The summed E-state index contributed by atoms with van der Waals surface area (Å²) in [5, 5.41) is 20.0. The van der Waals surface area contributed by atoms with Crippen molar-refractivity contribution >= 4 is 22.8 Å². The van der Waals surface area contributed by atoms with Gasteiger partial charge in [0.1, 0.15) is 29.2 Å². The molecular formula is C21H24N4O5. The smallest absolute Gasteiger partial charge is 0.256 e. The van der Waals surface area contributed by atoms with Crippen LogP contribution in [-0.4, -0.2) is 45.4 Å². The number of aryl methyl sites for hydroxylation is 2. The molecule has 9 heteroatoms. The van der Waals surface area contributed by atoms with Gasteiger partial charge in [-0.2, -0.15) is 5.10 Å². The second-order valence-electron chi connectivity index (χ2n) is 7.48. The highest BCUT2D eigenvalue weighted by atomic mass is 16.5. The van der Waals surface area contributed by atoms with Crippen molar-refractivity contribution in [2.75, 3.05) is 13.2 Å². The topological polar surface area (TPSA) is 119 Å². The summed E-state index contributed by atoms with van der Waals surface area (Å²) >= 11 is 0. The molecule has 1 aliphatic heterocycles. The van der Waals surface area contributed by atoms with Gasteiger partial charge in [0.2, 0.25) is 5.91 Å². The molecule has 0 radical (unpaired) electrons. The van der Waals surface area contributed by atoms with Crippen LogP contribution in [0.25, 0.3) is 11.0 Å². The molecule has 1 atom stereocenters. The van der Waals surface area contributed by atoms with Crippen LogP contribution in [-0.2, 0) is 18.4 Å². The van der Waals surface area contributed by atoms with E-state index in [0.29, 0.717) is 54.0 Å². The van der Waals surface area contributed by atoms with Gasteiger partial charge in [0, 0.05) is 25.2 Å². The number of aromatic nitrogens is 2. The third-order valence-corrected chi connectivity index (χ3v) is 5.49. The Kier molecular flexibility index (Phi) is 5.21. The predicted molar refractivity (Wildman–Crippen MR) is 108 cm³/mol. The molecule has 1 fully saturated rings. The van der Waals surface area contributed by atoms with Gasteiger partial charge in [0.15, 0.2) is 0 Å². The first-order valence-electron chi connectivity index (χ1n) is 9.78. The molecule has 0 saturated carbocycles. The van der Waals surface area contributed by atoms with Gasteiger partial charge in [-0.25, -0.2) is 0 Å². The lowest BCUT2D eigenvalue weighted by molar-refractivity contribution is -0.131. The number of aliphatic hydroxyl groups excluding tert-OH is 1. The van der Waals surface area contributed by atoms with Gasteiger partial charge in [-0.3, -0.25) is 14.3 Å². The standard InChI is InChI=1S/C21H24N4O5/c1-13-18(19(27)24-21(12-26)7-3-8-22-20(21)28)16-10-15(4-5-17(16)30-13)29-11-14-6-9-23-25(14)2/h4-6,9-10,26H,3,7-8,11-12H2,1-2H3,(H,22,28)(H,24,27). The zero-order valence-corrected chi connectivity index (χ0v) is 16.9. The number of rotatable bonds is 6. The number of benzene rings is 1. The Balaban J connectivity index is 1.61. The number of amides is 2. The van der Waals surface area contributed by atoms with Crippen molar-refractivity contribution in [2.45, 2.75) is 31.9 Å². The molecule has 1 aromatic carbocycles. The molecule has 0 aliphatic carbocycles. The average molecular weight is 412 g/mol. The number of ether oxygens (including phenoxy) is 1. The lowest BCUT2D eigenvalue weighted by Crippen LogP contribution is -2.63. The van der Waals surface area contributed by atoms with E-state index in [1.807, 2.05) is 13.1 Å². The summed E-state index contributed by atoms with van der Waals surface area (Å²) in [5.74, 6) is 0.151. The Bertz CT molecular complexity index is 1100. The van der Waals surface area contributed by atoms with Crippen molar-refractivity contribution in [1.82, 2.24) is 20.4 Å². The predicted octanol–water partition coefficient (Wildman–Crippen LogP) is 1.42. The zero-order chi connectivity index (χ0) is 21.3. The largest absolute Gasteiger partial charge is 0.487 e. The van der Waals surface area contributed by atoms with Crippen LogP contribution in [0.5, 0.6) is 5.75 Å². The highest BCUT2D eigenvalue weighted by molar-refractivity contribution is 6.09. The van der Waals surface area contributed by atoms with Crippen LogP contribution in [0.2, 0.25) is 0 Å². The molecular weight excluding hydrogens is 388 g/mol. The number of carbonyl (C=O) groups is 2. The minimum absolute atomic E-state index is 0.321. The van der Waals surface area contributed by atoms with Crippen LogP contribution in [0.4, 0.5) is 0 Å². The number of carbonyl (C=O) groups excluding carboxylic acids is 2. The number of fused-ring (bicyclic) bond motifs is 1. The number of nitrogens with zero attached hydrogens (tertiary/aromatic N) is 2. The summed E-state index contributed by atoms with van der Waals surface area (Å²) < 4.78 is 13.3. The number of piperidine rings is 1. The van der Waals surface area contributed by atoms with E-state index >= 15 is 0 Å². The van der Waals surface area contributed by atoms with Crippen LogP contribution in [0, 0.1) is 6.92 Å². The lowest BCUT2D eigenvalue weighted by atomic mass is 9.89. The minimum atomic E-state index is -1.33. The fraction of sp³-hybridized carbons (Fsp3) is 0.381. The summed E-state index contributed by atoms with van der Waals surface area (Å²) in [6.07, 6.45) is 2.74. The van der Waals surface area contributed by atoms with E-state index in [0.717, 1.165) is 5.69 Å². The van der Waals surface area contributed by atoms with Crippen molar-refractivity contribution in [3.8, 4) is 5.75 Å². The molecule has 158 valence electrons. The first-order valence-corrected chi connectivity index (χ1v) is 9.78. The summed E-state index contributed by atoms with van der Waals surface area (Å²) in [7, 11) is 1.84. The van der Waals surface area contributed by atoms with Crippen LogP contribution in [0.1, 0.15) is 34.7 Å². The van der Waals surface area contributed by atoms with E-state index in [2.05, 4.69) is 15.7 Å². The van der Waals surface area contributed by atoms with Gasteiger partial charge >= 0.3 is 0 Å². The number of furan rings is 1. The fourth-order valence-electron chi connectivity index (χ4n) is 3.74. The lowest BCUT2D eigenvalue weighted by Gasteiger charge is -2.35. The van der Waals surface area contributed by atoms with Crippen molar-refractivity contribution < 1.29 is 23.8 Å². The van der Waals surface area contributed by atoms with Crippen LogP contribution in [0.15, 0.2) is 34.9 Å². The quantitative estimate of drug-likeness (QED) is 0.564. The van der Waals surface area contributed by atoms with Crippen molar-refractivity contribution in [3.05, 3.63) is 47.5 Å². The molecule has 0 bridgehead atoms. The Morgan fingerprint density at radius 3 is 2.97 bits per heavy atom. The summed E-state index contributed by atoms with van der Waals surface area (Å²) in [5.41, 5.74) is 0.433. The average Bonchev–Trinajstić information content (AvgIpc) is 3.29. The van der Waals surface area contributed by atoms with Crippen molar-refractivity contribution in [1.29, 1.82) is 0 Å². The maximum atomic E-state index is 13.1. The number of hydrogen-bond donors (Lipinski definition) is 3. The molecule has 1 unspecified atom stereocenters. The summed E-state index contributed by atoms with van der Waals surface area (Å²) in [6.45, 7) is 2.08. The number of aliphatic hydroxyl groups is 1. The second kappa shape index (κ2) is 7.83. The molecule has 3 N–H and O–H groups in total. The Labute approximate surface area is 173 Å². The fourth-order valence-corrected chi connectivity index (χ4v) is 3.74. The zero-order valence-electron chi connectivity index (χ0n) is 16.9. The molecule has 30 heavy (non-hydrogen) atoms. The van der Waals surface area contributed by atoms with E-state index in [-0.39, 0.29) is 5.91 Å². The van der Waals surface area contributed by atoms with E-state index in [9.17, 15) is 14.7 Å². The highest BCUT2D eigenvalue weighted by Gasteiger charge is 2.42. The monoisotopic (exact) mass is 412 g/mol. The van der Waals surface area contributed by atoms with E-state index in [4.69, 9.17) is 9.15 Å². The van der Waals surface area contributed by atoms with Gasteiger partial charge in [-0.15, -0.1) is 0 Å². The minimum Gasteiger partial charge on any atom is -0.487 e. The van der Waals surface area contributed by atoms with E-state index < -0.39 is 18.1 Å². The summed E-state index contributed by atoms with van der Waals surface area (Å²) in [4.78, 5) is 25.4. The Morgan fingerprint density at radius 1 is 1.43 bits per heavy atom. The molecule has 3 heterocycles. The second-order valence-corrected chi connectivity index (χ2v) is 7.48. The van der Waals surface area contributed by atoms with Gasteiger partial charge in [0.05, 0.1) is 17.9 Å². The summed E-state index contributed by atoms with van der Waals surface area (Å²) in [6, 6.07) is 7.12. The maximum absolute atomic E-state index is 13.1. The number of nitrogens with one attached hydrogen (secondary N) is 2. The van der Waals surface area contributed by atoms with Crippen LogP contribution in [0.3, 0.4) is 0 Å². The van der Waals surface area contributed by atoms with E-state index in [1.54, 1.807) is 36.0 Å². The van der Waals surface area contributed by atoms with Gasteiger partial charge in [0.25, 0.3) is 5.91 Å². The number of hydrogen-bond acceptors (Lipinski definition) is 6. The first kappa shape index (κ1) is 20.0. The van der Waals surface area contributed by atoms with Gasteiger partial charge in [-0.05, 0) is 44.0 Å². The Hall–Kier alpha value is -3.33. The van der Waals surface area contributed by atoms with Crippen LogP contribution >= 0.6 is 0 Å². The molecule has 2 amide bonds. The van der Waals surface area contributed by atoms with Crippen molar-refractivity contribution in [2.24, 2.45) is 7.05 Å². The molecule has 3 aromatic rings. The SMILES string of the molecule is Cc1oc2ccc(OCc3ccnn3C)cc2c1C(=O)NC1(CO)CCCNC1=O. The molecule has 2 aromatic heterocycles. The molecule has 1 saturated heterocycles. The van der Waals surface area contributed by atoms with Gasteiger partial charge < -0.3 is 24.9 Å². The molecule has 4 rings (SSSR count). The Morgan fingerprint density at radius 2 is 2.27 bits per heavy atom. The van der Waals surface area contributed by atoms with Crippen molar-refractivity contribution in [3.63, 3.8) is 0 Å². The first-order chi connectivity index (χ1) is 14.4. The normalized spacial score (nSPS) is 19.0. The highest BCUT2D eigenvalue weighted by Crippen LogP contribution is 2.30. The van der Waals surface area contributed by atoms with E-state index in [1.165, 1.54) is 0 Å². The third kappa shape index (κ3) is 3.52. The van der Waals surface area contributed by atoms with Gasteiger partial charge in [-0.1, -0.05) is 0 Å². The molecule has 0 spiro atoms.